The zero-order valence-electron chi connectivity index (χ0n) is 7.34. The SMILES string of the molecule is NOCc1ccc(OC(F)(F)F)c(Cl)c1. The van der Waals surface area contributed by atoms with Gasteiger partial charge in [0.15, 0.2) is 0 Å². The third kappa shape index (κ3) is 3.94. The number of alkyl halides is 3. The highest BCUT2D eigenvalue weighted by molar-refractivity contribution is 6.32. The van der Waals surface area contributed by atoms with E-state index in [0.29, 0.717) is 5.56 Å². The predicted molar refractivity (Wildman–Crippen MR) is 47.1 cm³/mol. The van der Waals surface area contributed by atoms with Crippen molar-refractivity contribution in [1.29, 1.82) is 0 Å². The molecule has 0 amide bonds. The number of nitrogens with two attached hydrogens (primary N) is 1. The van der Waals surface area contributed by atoms with Gasteiger partial charge in [0.1, 0.15) is 5.75 Å². The molecular weight excluding hydrogens is 235 g/mol. The van der Waals surface area contributed by atoms with Gasteiger partial charge in [0, 0.05) is 0 Å². The first-order valence-corrected chi connectivity index (χ1v) is 4.16. The Morgan fingerprint density at radius 1 is 1.33 bits per heavy atom. The lowest BCUT2D eigenvalue weighted by Crippen LogP contribution is -2.17. The molecule has 1 aromatic carbocycles. The largest absolute Gasteiger partial charge is 0.573 e. The van der Waals surface area contributed by atoms with Gasteiger partial charge in [-0.05, 0) is 17.7 Å². The molecule has 3 nitrogen and oxygen atoms in total. The van der Waals surface area contributed by atoms with Crippen molar-refractivity contribution in [3.63, 3.8) is 0 Å². The van der Waals surface area contributed by atoms with E-state index in [1.165, 1.54) is 12.1 Å². The van der Waals surface area contributed by atoms with Crippen LogP contribution in [-0.4, -0.2) is 6.36 Å². The second-order valence-electron chi connectivity index (χ2n) is 2.62. The molecule has 0 radical (unpaired) electrons. The van der Waals surface area contributed by atoms with Crippen LogP contribution >= 0.6 is 11.6 Å². The zero-order valence-corrected chi connectivity index (χ0v) is 8.10. The van der Waals surface area contributed by atoms with Crippen LogP contribution in [0, 0.1) is 0 Å². The van der Waals surface area contributed by atoms with Crippen LogP contribution in [0.25, 0.3) is 0 Å². The van der Waals surface area contributed by atoms with Gasteiger partial charge in [0.05, 0.1) is 11.6 Å². The minimum atomic E-state index is -4.75. The van der Waals surface area contributed by atoms with Gasteiger partial charge in [0.2, 0.25) is 0 Å². The lowest BCUT2D eigenvalue weighted by atomic mass is 10.2. The molecule has 0 atom stereocenters. The first-order chi connectivity index (χ1) is 6.92. The van der Waals surface area contributed by atoms with Gasteiger partial charge in [-0.1, -0.05) is 17.7 Å². The molecule has 0 aliphatic rings. The fourth-order valence-electron chi connectivity index (χ4n) is 0.938. The van der Waals surface area contributed by atoms with E-state index in [9.17, 15) is 13.2 Å². The summed E-state index contributed by atoms with van der Waals surface area (Å²) in [7, 11) is 0. The van der Waals surface area contributed by atoms with Gasteiger partial charge < -0.3 is 4.74 Å². The van der Waals surface area contributed by atoms with Crippen LogP contribution in [0.5, 0.6) is 5.75 Å². The Morgan fingerprint density at radius 3 is 2.47 bits per heavy atom. The maximum Gasteiger partial charge on any atom is 0.573 e. The van der Waals surface area contributed by atoms with Crippen molar-refractivity contribution in [2.75, 3.05) is 0 Å². The fraction of sp³-hybridized carbons (Fsp3) is 0.250. The molecule has 0 saturated carbocycles. The van der Waals surface area contributed by atoms with E-state index in [1.807, 2.05) is 0 Å². The Hall–Kier alpha value is -0.980. The van der Waals surface area contributed by atoms with Gasteiger partial charge in [-0.2, -0.15) is 0 Å². The van der Waals surface area contributed by atoms with E-state index in [1.54, 1.807) is 0 Å². The molecule has 0 spiro atoms. The number of hydrogen-bond donors (Lipinski definition) is 1. The summed E-state index contributed by atoms with van der Waals surface area (Å²) in [5.74, 6) is 4.34. The standard InChI is InChI=1S/C8H7ClF3NO2/c9-6-3-5(4-14-13)1-2-7(6)15-8(10,11)12/h1-3H,4,13H2. The molecule has 15 heavy (non-hydrogen) atoms. The molecular formula is C8H7ClF3NO2. The number of ether oxygens (including phenoxy) is 1. The van der Waals surface area contributed by atoms with E-state index in [0.717, 1.165) is 6.07 Å². The van der Waals surface area contributed by atoms with Gasteiger partial charge in [0.25, 0.3) is 0 Å². The van der Waals surface area contributed by atoms with Crippen molar-refractivity contribution in [3.05, 3.63) is 28.8 Å². The quantitative estimate of drug-likeness (QED) is 0.828. The molecule has 84 valence electrons. The zero-order chi connectivity index (χ0) is 11.5. The highest BCUT2D eigenvalue weighted by Gasteiger charge is 2.31. The van der Waals surface area contributed by atoms with Crippen molar-refractivity contribution in [1.82, 2.24) is 0 Å². The Labute approximate surface area is 88.5 Å². The molecule has 0 fully saturated rings. The Bertz CT molecular complexity index is 343. The van der Waals surface area contributed by atoms with Crippen molar-refractivity contribution >= 4 is 11.6 Å². The number of benzene rings is 1. The number of hydrogen-bond acceptors (Lipinski definition) is 3. The first kappa shape index (κ1) is 12.1. The molecule has 0 saturated heterocycles. The van der Waals surface area contributed by atoms with Gasteiger partial charge in [-0.25, -0.2) is 5.90 Å². The van der Waals surface area contributed by atoms with Gasteiger partial charge in [-0.3, -0.25) is 4.84 Å². The van der Waals surface area contributed by atoms with Crippen molar-refractivity contribution in [3.8, 4) is 5.75 Å². The highest BCUT2D eigenvalue weighted by atomic mass is 35.5. The summed E-state index contributed by atoms with van der Waals surface area (Å²) >= 11 is 5.55. The van der Waals surface area contributed by atoms with E-state index >= 15 is 0 Å². The van der Waals surface area contributed by atoms with Crippen LogP contribution in [-0.2, 0) is 11.4 Å². The molecule has 1 rings (SSSR count). The monoisotopic (exact) mass is 241 g/mol. The summed E-state index contributed by atoms with van der Waals surface area (Å²) in [5.41, 5.74) is 0.553. The normalized spacial score (nSPS) is 11.5. The van der Waals surface area contributed by atoms with E-state index in [2.05, 4.69) is 9.57 Å². The smallest absolute Gasteiger partial charge is 0.404 e. The Morgan fingerprint density at radius 2 is 2.00 bits per heavy atom. The second kappa shape index (κ2) is 4.69. The van der Waals surface area contributed by atoms with Crippen molar-refractivity contribution < 1.29 is 22.7 Å². The lowest BCUT2D eigenvalue weighted by molar-refractivity contribution is -0.274. The van der Waals surface area contributed by atoms with Crippen LogP contribution in [0.4, 0.5) is 13.2 Å². The fourth-order valence-corrected chi connectivity index (χ4v) is 1.18. The second-order valence-corrected chi connectivity index (χ2v) is 3.03. The first-order valence-electron chi connectivity index (χ1n) is 3.78. The Balaban J connectivity index is 2.84. The summed E-state index contributed by atoms with van der Waals surface area (Å²) in [6.45, 7) is 0.0615. The molecule has 2 N–H and O–H groups in total. The van der Waals surface area contributed by atoms with Gasteiger partial charge >= 0.3 is 6.36 Å². The molecule has 7 heteroatoms. The lowest BCUT2D eigenvalue weighted by Gasteiger charge is -2.10. The number of halogens is 4. The van der Waals surface area contributed by atoms with Crippen LogP contribution in [0.2, 0.25) is 5.02 Å². The van der Waals surface area contributed by atoms with Crippen molar-refractivity contribution in [2.24, 2.45) is 5.90 Å². The molecule has 0 aliphatic carbocycles. The minimum Gasteiger partial charge on any atom is -0.404 e. The topological polar surface area (TPSA) is 44.5 Å². The van der Waals surface area contributed by atoms with E-state index in [4.69, 9.17) is 17.5 Å². The average Bonchev–Trinajstić information content (AvgIpc) is 2.08. The average molecular weight is 242 g/mol. The Kier molecular flexibility index (Phi) is 3.78. The summed E-state index contributed by atoms with van der Waals surface area (Å²) in [6.07, 6.45) is -4.75. The van der Waals surface area contributed by atoms with Crippen LogP contribution < -0.4 is 10.6 Å². The van der Waals surface area contributed by atoms with Crippen molar-refractivity contribution in [2.45, 2.75) is 13.0 Å². The van der Waals surface area contributed by atoms with Crippen LogP contribution in [0.1, 0.15) is 5.56 Å². The summed E-state index contributed by atoms with van der Waals surface area (Å²) in [4.78, 5) is 4.30. The van der Waals surface area contributed by atoms with Crippen LogP contribution in [0.3, 0.4) is 0 Å². The molecule has 0 aromatic heterocycles. The third-order valence-corrected chi connectivity index (χ3v) is 1.77. The van der Waals surface area contributed by atoms with Gasteiger partial charge in [-0.15, -0.1) is 13.2 Å². The molecule has 0 unspecified atom stereocenters. The maximum absolute atomic E-state index is 11.8. The number of rotatable bonds is 3. The summed E-state index contributed by atoms with van der Waals surface area (Å²) in [5, 5.41) is -0.151. The van der Waals surface area contributed by atoms with Crippen LogP contribution in [0.15, 0.2) is 18.2 Å². The molecule has 0 heterocycles. The summed E-state index contributed by atoms with van der Waals surface area (Å²) in [6, 6.07) is 3.76. The molecule has 1 aromatic rings. The van der Waals surface area contributed by atoms with E-state index in [-0.39, 0.29) is 11.6 Å². The molecule has 0 aliphatic heterocycles. The maximum atomic E-state index is 11.8. The third-order valence-electron chi connectivity index (χ3n) is 1.47. The predicted octanol–water partition coefficient (Wildman–Crippen LogP) is 2.63. The minimum absolute atomic E-state index is 0.0615. The summed E-state index contributed by atoms with van der Waals surface area (Å²) < 4.78 is 39.2. The highest BCUT2D eigenvalue weighted by Crippen LogP contribution is 2.30. The molecule has 0 bridgehead atoms. The van der Waals surface area contributed by atoms with E-state index < -0.39 is 12.1 Å².